The number of nitrogens with zero attached hydrogens (tertiary/aromatic N) is 1. The van der Waals surface area contributed by atoms with Gasteiger partial charge in [0.15, 0.2) is 0 Å². The molecule has 13 nitrogen and oxygen atoms in total. The Balaban J connectivity index is 3.07. The molecule has 1 heterocycles. The number of carbonyl (C=O) groups excluding carboxylic acids is 3. The highest BCUT2D eigenvalue weighted by Gasteiger charge is 2.32. The molecule has 0 spiro atoms. The summed E-state index contributed by atoms with van der Waals surface area (Å²) in [6.07, 6.45) is 2.57. The molecule has 13 heteroatoms. The Bertz CT molecular complexity index is 872. The lowest BCUT2D eigenvalue weighted by Crippen LogP contribution is -2.58. The van der Waals surface area contributed by atoms with Crippen molar-refractivity contribution in [3.05, 3.63) is 18.2 Å². The summed E-state index contributed by atoms with van der Waals surface area (Å²) in [6.45, 7) is 7.55. The Hall–Kier alpha value is -3.48. The number of aliphatic carboxylic acids is 2. The average molecular weight is 497 g/mol. The molecule has 4 atom stereocenters. The largest absolute Gasteiger partial charge is 0.481 e. The zero-order chi connectivity index (χ0) is 26.7. The molecular formula is C22H36N6O7. The number of aromatic amines is 1. The zero-order valence-electron chi connectivity index (χ0n) is 20.4. The van der Waals surface area contributed by atoms with E-state index < -0.39 is 60.2 Å². The van der Waals surface area contributed by atoms with Crippen molar-refractivity contribution in [1.82, 2.24) is 25.9 Å². The zero-order valence-corrected chi connectivity index (χ0v) is 20.4. The van der Waals surface area contributed by atoms with Gasteiger partial charge in [-0.05, 0) is 24.7 Å². The second-order valence-electron chi connectivity index (χ2n) is 9.27. The summed E-state index contributed by atoms with van der Waals surface area (Å²) < 4.78 is 0. The monoisotopic (exact) mass is 496 g/mol. The number of carbonyl (C=O) groups is 5. The minimum atomic E-state index is -1.69. The summed E-state index contributed by atoms with van der Waals surface area (Å²) >= 11 is 0. The maximum atomic E-state index is 13.1. The topological polar surface area (TPSA) is 217 Å². The van der Waals surface area contributed by atoms with Gasteiger partial charge in [-0.1, -0.05) is 27.7 Å². The van der Waals surface area contributed by atoms with Crippen LogP contribution in [0, 0.1) is 11.8 Å². The van der Waals surface area contributed by atoms with Gasteiger partial charge in [0.1, 0.15) is 18.1 Å². The number of aromatic nitrogens is 2. The summed E-state index contributed by atoms with van der Waals surface area (Å²) in [7, 11) is 0. The van der Waals surface area contributed by atoms with Crippen molar-refractivity contribution < 1.29 is 34.2 Å². The third-order valence-corrected chi connectivity index (χ3v) is 5.01. The molecule has 1 aromatic rings. The predicted molar refractivity (Wildman–Crippen MR) is 125 cm³/mol. The number of hydrogen-bond acceptors (Lipinski definition) is 7. The van der Waals surface area contributed by atoms with Crippen LogP contribution in [0.25, 0.3) is 0 Å². The van der Waals surface area contributed by atoms with Crippen LogP contribution in [0.3, 0.4) is 0 Å². The molecule has 0 radical (unpaired) electrons. The molecule has 3 amide bonds. The summed E-state index contributed by atoms with van der Waals surface area (Å²) in [5.41, 5.74) is 6.41. The van der Waals surface area contributed by atoms with Crippen molar-refractivity contribution >= 4 is 29.7 Å². The van der Waals surface area contributed by atoms with Crippen LogP contribution < -0.4 is 21.7 Å². The van der Waals surface area contributed by atoms with Crippen LogP contribution in [-0.2, 0) is 30.4 Å². The molecule has 0 bridgehead atoms. The fraction of sp³-hybridized carbons (Fsp3) is 0.636. The molecule has 0 saturated heterocycles. The standard InChI is InChI=1S/C22H36N6O7/c1-11(2)5-14(23)19(31)26-15(6-12(3)4)20(32)27-16(7-13-9-24-10-25-13)21(33)28-17(22(34)35)8-18(29)30/h9-12,14-17H,5-8,23H2,1-4H3,(H,24,25)(H,26,31)(H,27,32)(H,28,33)(H,29,30)(H,34,35). The third kappa shape index (κ3) is 11.0. The van der Waals surface area contributed by atoms with E-state index in [1.54, 1.807) is 0 Å². The summed E-state index contributed by atoms with van der Waals surface area (Å²) in [4.78, 5) is 67.5. The van der Waals surface area contributed by atoms with Crippen LogP contribution in [0.4, 0.5) is 0 Å². The van der Waals surface area contributed by atoms with Crippen LogP contribution >= 0.6 is 0 Å². The minimum Gasteiger partial charge on any atom is -0.481 e. The first kappa shape index (κ1) is 29.6. The van der Waals surface area contributed by atoms with Gasteiger partial charge in [0.25, 0.3) is 0 Å². The third-order valence-electron chi connectivity index (χ3n) is 5.01. The first-order valence-electron chi connectivity index (χ1n) is 11.4. The minimum absolute atomic E-state index is 0.0132. The molecule has 0 aromatic carbocycles. The van der Waals surface area contributed by atoms with Gasteiger partial charge in [-0.25, -0.2) is 9.78 Å². The summed E-state index contributed by atoms with van der Waals surface area (Å²) in [6, 6.07) is -4.77. The Kier molecular flexibility index (Phi) is 11.9. The molecule has 35 heavy (non-hydrogen) atoms. The highest BCUT2D eigenvalue weighted by atomic mass is 16.4. The van der Waals surface area contributed by atoms with E-state index in [0.717, 1.165) is 0 Å². The van der Waals surface area contributed by atoms with E-state index in [9.17, 15) is 29.1 Å². The maximum Gasteiger partial charge on any atom is 0.326 e. The van der Waals surface area contributed by atoms with E-state index in [1.165, 1.54) is 12.5 Å². The fourth-order valence-corrected chi connectivity index (χ4v) is 3.34. The van der Waals surface area contributed by atoms with E-state index >= 15 is 0 Å². The molecular weight excluding hydrogens is 460 g/mol. The fourth-order valence-electron chi connectivity index (χ4n) is 3.34. The van der Waals surface area contributed by atoms with Crippen molar-refractivity contribution in [2.75, 3.05) is 0 Å². The second kappa shape index (κ2) is 14.0. The summed E-state index contributed by atoms with van der Waals surface area (Å²) in [5, 5.41) is 25.5. The van der Waals surface area contributed by atoms with Gasteiger partial charge in [-0.15, -0.1) is 0 Å². The number of hydrogen-bond donors (Lipinski definition) is 7. The Morgan fingerprint density at radius 2 is 1.43 bits per heavy atom. The molecule has 1 rings (SSSR count). The van der Waals surface area contributed by atoms with Gasteiger partial charge in [0, 0.05) is 18.3 Å². The number of amides is 3. The molecule has 0 saturated carbocycles. The van der Waals surface area contributed by atoms with Gasteiger partial charge in [0.05, 0.1) is 18.8 Å². The van der Waals surface area contributed by atoms with Gasteiger partial charge in [0.2, 0.25) is 17.7 Å². The van der Waals surface area contributed by atoms with E-state index in [0.29, 0.717) is 12.1 Å². The van der Waals surface area contributed by atoms with Gasteiger partial charge >= 0.3 is 11.9 Å². The van der Waals surface area contributed by atoms with Crippen molar-refractivity contribution in [2.45, 2.75) is 77.5 Å². The highest BCUT2D eigenvalue weighted by Crippen LogP contribution is 2.09. The number of imidazole rings is 1. The predicted octanol–water partition coefficient (Wildman–Crippen LogP) is -0.615. The molecule has 4 unspecified atom stereocenters. The first-order chi connectivity index (χ1) is 16.3. The number of nitrogens with two attached hydrogens (primary N) is 1. The van der Waals surface area contributed by atoms with Crippen LogP contribution in [0.15, 0.2) is 12.5 Å². The Labute approximate surface area is 203 Å². The smallest absolute Gasteiger partial charge is 0.326 e. The molecule has 1 aromatic heterocycles. The highest BCUT2D eigenvalue weighted by molar-refractivity contribution is 5.94. The number of H-pyrrole nitrogens is 1. The Morgan fingerprint density at radius 3 is 1.91 bits per heavy atom. The molecule has 8 N–H and O–H groups in total. The van der Waals surface area contributed by atoms with E-state index in [-0.39, 0.29) is 24.7 Å². The normalized spacial score (nSPS) is 14.6. The maximum absolute atomic E-state index is 13.1. The number of rotatable bonds is 15. The van der Waals surface area contributed by atoms with Gasteiger partial charge in [-0.2, -0.15) is 0 Å². The van der Waals surface area contributed by atoms with Gasteiger partial charge < -0.3 is 36.9 Å². The molecule has 0 fully saturated rings. The average Bonchev–Trinajstić information content (AvgIpc) is 3.24. The molecule has 196 valence electrons. The number of carboxylic acids is 2. The van der Waals surface area contributed by atoms with Crippen molar-refractivity contribution in [3.8, 4) is 0 Å². The SMILES string of the molecule is CC(C)CC(N)C(=O)NC(CC(C)C)C(=O)NC(Cc1cnc[nH]1)C(=O)NC(CC(=O)O)C(=O)O. The van der Waals surface area contributed by atoms with Crippen molar-refractivity contribution in [2.24, 2.45) is 17.6 Å². The van der Waals surface area contributed by atoms with E-state index in [4.69, 9.17) is 10.8 Å². The second-order valence-corrected chi connectivity index (χ2v) is 9.27. The van der Waals surface area contributed by atoms with Gasteiger partial charge in [-0.3, -0.25) is 19.2 Å². The van der Waals surface area contributed by atoms with Crippen molar-refractivity contribution in [1.29, 1.82) is 0 Å². The van der Waals surface area contributed by atoms with Crippen LogP contribution in [0.1, 0.15) is 52.7 Å². The quantitative estimate of drug-likeness (QED) is 0.164. The van der Waals surface area contributed by atoms with Crippen LogP contribution in [0.2, 0.25) is 0 Å². The van der Waals surface area contributed by atoms with E-state index in [2.05, 4.69) is 25.9 Å². The van der Waals surface area contributed by atoms with Crippen LogP contribution in [0.5, 0.6) is 0 Å². The molecule has 0 aliphatic heterocycles. The molecule has 0 aliphatic carbocycles. The van der Waals surface area contributed by atoms with Crippen molar-refractivity contribution in [3.63, 3.8) is 0 Å². The lowest BCUT2D eigenvalue weighted by molar-refractivity contribution is -0.147. The number of nitrogens with one attached hydrogen (secondary N) is 4. The lowest BCUT2D eigenvalue weighted by Gasteiger charge is -2.26. The Morgan fingerprint density at radius 1 is 0.886 bits per heavy atom. The molecule has 0 aliphatic rings. The van der Waals surface area contributed by atoms with E-state index in [1.807, 2.05) is 27.7 Å². The number of carboxylic acid groups (broad SMARTS) is 2. The van der Waals surface area contributed by atoms with Crippen LogP contribution in [-0.4, -0.2) is 74.0 Å². The first-order valence-corrected chi connectivity index (χ1v) is 11.4. The lowest BCUT2D eigenvalue weighted by atomic mass is 10.00. The summed E-state index contributed by atoms with van der Waals surface area (Å²) in [5.74, 6) is -4.81.